The number of aryl methyl sites for hydroxylation is 1. The van der Waals surface area contributed by atoms with Crippen LogP contribution >= 0.6 is 0 Å². The van der Waals surface area contributed by atoms with E-state index in [4.69, 9.17) is 10.5 Å². The molecule has 4 atom stereocenters. The summed E-state index contributed by atoms with van der Waals surface area (Å²) in [5.41, 5.74) is 8.23. The van der Waals surface area contributed by atoms with Gasteiger partial charge in [-0.05, 0) is 56.7 Å². The molecule has 2 aliphatic rings. The van der Waals surface area contributed by atoms with Crippen LogP contribution in [-0.2, 0) is 17.6 Å². The van der Waals surface area contributed by atoms with Gasteiger partial charge in [0.25, 0.3) is 0 Å². The van der Waals surface area contributed by atoms with Gasteiger partial charge in [0.15, 0.2) is 17.7 Å². The van der Waals surface area contributed by atoms with Crippen molar-refractivity contribution >= 4 is 28.0 Å². The number of benzene rings is 1. The van der Waals surface area contributed by atoms with Gasteiger partial charge >= 0.3 is 6.18 Å². The summed E-state index contributed by atoms with van der Waals surface area (Å²) in [4.78, 5) is 22.5. The van der Waals surface area contributed by atoms with E-state index in [9.17, 15) is 23.4 Å². The van der Waals surface area contributed by atoms with Crippen molar-refractivity contribution in [1.82, 2.24) is 34.4 Å². The first-order chi connectivity index (χ1) is 20.0. The maximum Gasteiger partial charge on any atom is 0.393 e. The quantitative estimate of drug-likeness (QED) is 0.231. The summed E-state index contributed by atoms with van der Waals surface area (Å²) in [5.74, 6) is 1.49. The highest BCUT2D eigenvalue weighted by molar-refractivity contribution is 5.81. The van der Waals surface area contributed by atoms with Crippen molar-refractivity contribution in [3.63, 3.8) is 0 Å². The zero-order valence-corrected chi connectivity index (χ0v) is 23.4. The van der Waals surface area contributed by atoms with Crippen LogP contribution in [0.3, 0.4) is 0 Å². The fourth-order valence-corrected chi connectivity index (χ4v) is 6.27. The minimum absolute atomic E-state index is 0.200. The summed E-state index contributed by atoms with van der Waals surface area (Å²) in [6, 6.07) is 5.15. The molecule has 1 aliphatic carbocycles. The standard InChI is InChI=1S/C28H35F3N8O3/c1-14(2)38(11-20-23(40)24(41)27(42-20)39-13-35-22-25(32)33-12-34-26(22)39)17-7-15(8-17)4-6-21-36-18-5-3-16(9-19(18)37-21)10-28(29,30)31/h3,5,9,12-15,17,20,23-24,27,40-41H,4,6-8,10-11H2,1-2H3,(H,36,37)(H2,32,33,34)/t15?,17?,20-,23-,24-,27-/m1/s1. The van der Waals surface area contributed by atoms with Crippen molar-refractivity contribution < 1.29 is 28.1 Å². The lowest BCUT2D eigenvalue weighted by Crippen LogP contribution is -2.52. The number of hydrogen-bond donors (Lipinski definition) is 4. The fraction of sp³-hybridized carbons (Fsp3) is 0.571. The molecular weight excluding hydrogens is 553 g/mol. The van der Waals surface area contributed by atoms with E-state index in [1.165, 1.54) is 24.8 Å². The molecule has 0 unspecified atom stereocenters. The number of aromatic nitrogens is 6. The Morgan fingerprint density at radius 1 is 1.17 bits per heavy atom. The number of alkyl halides is 3. The van der Waals surface area contributed by atoms with Crippen LogP contribution in [0.15, 0.2) is 30.9 Å². The van der Waals surface area contributed by atoms with Crippen LogP contribution in [-0.4, -0.2) is 87.7 Å². The van der Waals surface area contributed by atoms with E-state index in [0.717, 1.165) is 25.1 Å². The lowest BCUT2D eigenvalue weighted by Gasteiger charge is -2.46. The molecule has 14 heteroatoms. The number of aliphatic hydroxyl groups excluding tert-OH is 2. The summed E-state index contributed by atoms with van der Waals surface area (Å²) in [5, 5.41) is 21.7. The van der Waals surface area contributed by atoms with Crippen LogP contribution in [0.1, 0.15) is 50.7 Å². The summed E-state index contributed by atoms with van der Waals surface area (Å²) >= 11 is 0. The molecule has 0 bridgehead atoms. The Morgan fingerprint density at radius 3 is 2.69 bits per heavy atom. The zero-order valence-electron chi connectivity index (χ0n) is 23.4. The largest absolute Gasteiger partial charge is 0.393 e. The molecule has 0 spiro atoms. The molecule has 3 aromatic heterocycles. The molecule has 1 saturated heterocycles. The number of nitrogens with one attached hydrogen (secondary N) is 1. The maximum absolute atomic E-state index is 12.8. The highest BCUT2D eigenvalue weighted by atomic mass is 19.4. The maximum atomic E-state index is 12.8. The molecule has 4 heterocycles. The van der Waals surface area contributed by atoms with E-state index in [1.54, 1.807) is 10.6 Å². The Balaban J connectivity index is 1.04. The van der Waals surface area contributed by atoms with Crippen molar-refractivity contribution in [1.29, 1.82) is 0 Å². The van der Waals surface area contributed by atoms with Crippen LogP contribution in [0.5, 0.6) is 0 Å². The minimum atomic E-state index is -4.25. The second-order valence-electron chi connectivity index (χ2n) is 11.8. The first kappa shape index (κ1) is 28.8. The number of anilines is 1. The van der Waals surface area contributed by atoms with Gasteiger partial charge < -0.3 is 25.7 Å². The molecule has 1 saturated carbocycles. The third kappa shape index (κ3) is 5.68. The molecule has 0 amide bonds. The number of hydrogen-bond acceptors (Lipinski definition) is 9. The Hall–Kier alpha value is -3.33. The smallest absolute Gasteiger partial charge is 0.387 e. The van der Waals surface area contributed by atoms with Gasteiger partial charge in [0.1, 0.15) is 36.0 Å². The average Bonchev–Trinajstić information content (AvgIpc) is 3.58. The minimum Gasteiger partial charge on any atom is -0.387 e. The number of nitrogens with zero attached hydrogens (tertiary/aromatic N) is 6. The van der Waals surface area contributed by atoms with E-state index in [2.05, 4.69) is 43.7 Å². The number of imidazole rings is 2. The van der Waals surface area contributed by atoms with Crippen molar-refractivity contribution in [3.05, 3.63) is 42.2 Å². The molecule has 4 aromatic rings. The van der Waals surface area contributed by atoms with Gasteiger partial charge in [-0.2, -0.15) is 13.2 Å². The lowest BCUT2D eigenvalue weighted by molar-refractivity contribution is -0.127. The first-order valence-corrected chi connectivity index (χ1v) is 14.2. The molecule has 5 N–H and O–H groups in total. The molecular formula is C28H35F3N8O3. The fourth-order valence-electron chi connectivity index (χ4n) is 6.27. The Kier molecular flexibility index (Phi) is 7.58. The van der Waals surface area contributed by atoms with Crippen molar-refractivity contribution in [2.24, 2.45) is 5.92 Å². The van der Waals surface area contributed by atoms with Gasteiger partial charge in [0.2, 0.25) is 0 Å². The van der Waals surface area contributed by atoms with Crippen LogP contribution in [0.25, 0.3) is 22.2 Å². The van der Waals surface area contributed by atoms with Crippen molar-refractivity contribution in [2.75, 3.05) is 12.3 Å². The number of nitrogen functional groups attached to an aromatic ring is 1. The van der Waals surface area contributed by atoms with E-state index in [1.807, 2.05) is 0 Å². The lowest BCUT2D eigenvalue weighted by atomic mass is 9.76. The summed E-state index contributed by atoms with van der Waals surface area (Å²) in [7, 11) is 0. The van der Waals surface area contributed by atoms with Crippen LogP contribution < -0.4 is 5.73 Å². The topological polar surface area (TPSA) is 151 Å². The molecule has 42 heavy (non-hydrogen) atoms. The zero-order chi connectivity index (χ0) is 29.8. The van der Waals surface area contributed by atoms with Gasteiger partial charge in [0, 0.05) is 25.0 Å². The molecule has 226 valence electrons. The number of H-pyrrole nitrogens is 1. The molecule has 1 aromatic carbocycles. The van der Waals surface area contributed by atoms with Gasteiger partial charge in [-0.3, -0.25) is 9.47 Å². The van der Waals surface area contributed by atoms with Crippen molar-refractivity contribution in [3.8, 4) is 0 Å². The van der Waals surface area contributed by atoms with E-state index in [0.29, 0.717) is 47.1 Å². The SMILES string of the molecule is CC(C)N(C[C@H]1O[C@@H](n2cnc3c(N)ncnc32)[C@H](O)[C@@H]1O)C1CC(CCc2nc3ccc(CC(F)(F)F)cc3[nH]2)C1. The molecule has 6 rings (SSSR count). The second-order valence-corrected chi connectivity index (χ2v) is 11.8. The van der Waals surface area contributed by atoms with E-state index in [-0.39, 0.29) is 17.4 Å². The Bertz CT molecular complexity index is 1550. The Labute approximate surface area is 239 Å². The summed E-state index contributed by atoms with van der Waals surface area (Å²) in [6.45, 7) is 4.66. The van der Waals surface area contributed by atoms with Crippen LogP contribution in [0, 0.1) is 5.92 Å². The number of nitrogens with two attached hydrogens (primary N) is 1. The molecule has 2 fully saturated rings. The van der Waals surface area contributed by atoms with Crippen molar-refractivity contribution in [2.45, 2.75) is 88.8 Å². The first-order valence-electron chi connectivity index (χ1n) is 14.2. The Morgan fingerprint density at radius 2 is 1.95 bits per heavy atom. The third-order valence-corrected chi connectivity index (χ3v) is 8.52. The summed E-state index contributed by atoms with van der Waals surface area (Å²) in [6.07, 6.45) is -2.54. The van der Waals surface area contributed by atoms with E-state index >= 15 is 0 Å². The highest BCUT2D eigenvalue weighted by Gasteiger charge is 2.46. The molecule has 1 aliphatic heterocycles. The molecule has 0 radical (unpaired) electrons. The van der Waals surface area contributed by atoms with E-state index < -0.39 is 37.1 Å². The van der Waals surface area contributed by atoms with Gasteiger partial charge in [-0.15, -0.1) is 0 Å². The number of halogens is 3. The highest BCUT2D eigenvalue weighted by Crippen LogP contribution is 2.38. The van der Waals surface area contributed by atoms with Crippen LogP contribution in [0.4, 0.5) is 19.0 Å². The van der Waals surface area contributed by atoms with Crippen LogP contribution in [0.2, 0.25) is 0 Å². The average molecular weight is 589 g/mol. The monoisotopic (exact) mass is 588 g/mol. The number of aliphatic hydroxyl groups is 2. The second kappa shape index (κ2) is 11.1. The number of fused-ring (bicyclic) bond motifs is 2. The predicted octanol–water partition coefficient (Wildman–Crippen LogP) is 3.13. The molecule has 11 nitrogen and oxygen atoms in total. The predicted molar refractivity (Wildman–Crippen MR) is 148 cm³/mol. The van der Waals surface area contributed by atoms with Gasteiger partial charge in [0.05, 0.1) is 23.8 Å². The normalized spacial score (nSPS) is 26.6. The van der Waals surface area contributed by atoms with Gasteiger partial charge in [-0.25, -0.2) is 19.9 Å². The number of rotatable bonds is 9. The summed E-state index contributed by atoms with van der Waals surface area (Å²) < 4.78 is 46.0. The third-order valence-electron chi connectivity index (χ3n) is 8.52. The van der Waals surface area contributed by atoms with Gasteiger partial charge in [-0.1, -0.05) is 6.07 Å². The number of ether oxygens (including phenoxy) is 1. The number of aromatic amines is 1.